The smallest absolute Gasteiger partial charge is 0.432 e. The SMILES string of the molecule is CCCN1C(=O)c2nc(Cc3ccccn3)[nH]c2[N+]([O-])(CCc2ccc(F)cc2)C1=O. The molecule has 0 spiro atoms. The topological polar surface area (TPSA) is 102 Å². The monoisotopic (exact) mass is 423 g/mol. The Kier molecular flexibility index (Phi) is 5.62. The minimum atomic E-state index is -1.35. The maximum Gasteiger partial charge on any atom is 0.432 e. The summed E-state index contributed by atoms with van der Waals surface area (Å²) in [6.45, 7) is 1.82. The number of amides is 3. The molecule has 1 aliphatic heterocycles. The number of benzene rings is 1. The van der Waals surface area contributed by atoms with Crippen molar-refractivity contribution in [3.8, 4) is 0 Å². The van der Waals surface area contributed by atoms with Crippen LogP contribution in [0.3, 0.4) is 0 Å². The quantitative estimate of drug-likeness (QED) is 0.462. The molecule has 4 rings (SSSR count). The summed E-state index contributed by atoms with van der Waals surface area (Å²) in [5, 5.41) is 13.8. The lowest BCUT2D eigenvalue weighted by Gasteiger charge is -2.43. The molecule has 0 radical (unpaired) electrons. The van der Waals surface area contributed by atoms with Gasteiger partial charge in [-0.05, 0) is 36.2 Å². The third-order valence-corrected chi connectivity index (χ3v) is 5.23. The van der Waals surface area contributed by atoms with Crippen LogP contribution in [-0.4, -0.2) is 44.9 Å². The van der Waals surface area contributed by atoms with Gasteiger partial charge in [0.15, 0.2) is 0 Å². The lowest BCUT2D eigenvalue weighted by molar-refractivity contribution is 0.0744. The van der Waals surface area contributed by atoms with E-state index in [0.29, 0.717) is 24.4 Å². The highest BCUT2D eigenvalue weighted by atomic mass is 19.1. The summed E-state index contributed by atoms with van der Waals surface area (Å²) in [5.74, 6) is -0.617. The second kappa shape index (κ2) is 8.37. The molecule has 1 unspecified atom stereocenters. The van der Waals surface area contributed by atoms with E-state index in [2.05, 4.69) is 15.0 Å². The molecule has 1 aliphatic rings. The van der Waals surface area contributed by atoms with E-state index in [1.165, 1.54) is 12.1 Å². The summed E-state index contributed by atoms with van der Waals surface area (Å²) in [5.41, 5.74) is 1.40. The van der Waals surface area contributed by atoms with Crippen molar-refractivity contribution in [2.24, 2.45) is 0 Å². The van der Waals surface area contributed by atoms with Crippen LogP contribution in [0.5, 0.6) is 0 Å². The number of aromatic amines is 1. The first-order chi connectivity index (χ1) is 14.9. The first kappa shape index (κ1) is 20.8. The molecule has 3 aromatic rings. The Morgan fingerprint density at radius 1 is 1.16 bits per heavy atom. The van der Waals surface area contributed by atoms with Gasteiger partial charge in [-0.1, -0.05) is 25.1 Å². The van der Waals surface area contributed by atoms with Crippen molar-refractivity contribution in [2.45, 2.75) is 26.2 Å². The molecule has 0 aliphatic carbocycles. The van der Waals surface area contributed by atoms with E-state index in [1.807, 2.05) is 19.1 Å². The van der Waals surface area contributed by atoms with E-state index >= 15 is 0 Å². The van der Waals surface area contributed by atoms with Gasteiger partial charge in [0.2, 0.25) is 11.5 Å². The fourth-order valence-corrected chi connectivity index (χ4v) is 3.65. The molecule has 3 heterocycles. The predicted molar refractivity (Wildman–Crippen MR) is 112 cm³/mol. The number of hydrogen-bond donors (Lipinski definition) is 1. The van der Waals surface area contributed by atoms with Crippen LogP contribution >= 0.6 is 0 Å². The number of imide groups is 1. The molecular formula is C22H22FN5O3. The van der Waals surface area contributed by atoms with Crippen LogP contribution in [0.2, 0.25) is 0 Å². The van der Waals surface area contributed by atoms with Crippen molar-refractivity contribution < 1.29 is 14.0 Å². The molecule has 0 bridgehead atoms. The third kappa shape index (κ3) is 3.97. The van der Waals surface area contributed by atoms with Gasteiger partial charge in [-0.3, -0.25) is 14.8 Å². The normalized spacial score (nSPS) is 18.4. The zero-order valence-corrected chi connectivity index (χ0v) is 17.0. The number of quaternary nitrogens is 1. The Bertz CT molecular complexity index is 1100. The number of imidazole rings is 1. The second-order valence-corrected chi connectivity index (χ2v) is 7.46. The molecule has 2 aromatic heterocycles. The van der Waals surface area contributed by atoms with Crippen LogP contribution in [-0.2, 0) is 12.8 Å². The first-order valence-electron chi connectivity index (χ1n) is 10.1. The van der Waals surface area contributed by atoms with Crippen molar-refractivity contribution in [2.75, 3.05) is 13.1 Å². The van der Waals surface area contributed by atoms with Gasteiger partial charge in [0.05, 0.1) is 6.54 Å². The van der Waals surface area contributed by atoms with Crippen LogP contribution in [0.15, 0.2) is 48.7 Å². The van der Waals surface area contributed by atoms with E-state index in [0.717, 1.165) is 10.5 Å². The van der Waals surface area contributed by atoms with Gasteiger partial charge in [-0.15, -0.1) is 0 Å². The van der Waals surface area contributed by atoms with Crippen LogP contribution in [0, 0.1) is 11.0 Å². The number of halogens is 1. The van der Waals surface area contributed by atoms with E-state index in [4.69, 9.17) is 0 Å². The molecule has 160 valence electrons. The molecule has 9 heteroatoms. The largest absolute Gasteiger partial charge is 0.617 e. The van der Waals surface area contributed by atoms with Gasteiger partial charge in [-0.2, -0.15) is 0 Å². The number of carbonyl (C=O) groups excluding carboxylic acids is 2. The summed E-state index contributed by atoms with van der Waals surface area (Å²) in [7, 11) is 0. The Labute approximate surface area is 178 Å². The number of H-pyrrole nitrogens is 1. The zero-order chi connectivity index (χ0) is 22.0. The fourth-order valence-electron chi connectivity index (χ4n) is 3.65. The van der Waals surface area contributed by atoms with E-state index in [-0.39, 0.29) is 36.8 Å². The summed E-state index contributed by atoms with van der Waals surface area (Å²) < 4.78 is 11.8. The van der Waals surface area contributed by atoms with Gasteiger partial charge in [0.25, 0.3) is 5.91 Å². The number of nitrogens with zero attached hydrogens (tertiary/aromatic N) is 4. The highest BCUT2D eigenvalue weighted by molar-refractivity contribution is 6.13. The Morgan fingerprint density at radius 2 is 1.94 bits per heavy atom. The van der Waals surface area contributed by atoms with Crippen LogP contribution in [0.25, 0.3) is 0 Å². The average molecular weight is 423 g/mol. The number of nitrogens with one attached hydrogen (secondary N) is 1. The number of aromatic nitrogens is 3. The minimum absolute atomic E-state index is 0.0342. The first-order valence-corrected chi connectivity index (χ1v) is 10.1. The highest BCUT2D eigenvalue weighted by Crippen LogP contribution is 2.33. The van der Waals surface area contributed by atoms with Crippen molar-refractivity contribution in [1.82, 2.24) is 24.5 Å². The van der Waals surface area contributed by atoms with Gasteiger partial charge in [0.1, 0.15) is 11.6 Å². The number of hydrogen-bond acceptors (Lipinski definition) is 5. The molecule has 1 aromatic carbocycles. The zero-order valence-electron chi connectivity index (χ0n) is 17.0. The predicted octanol–water partition coefficient (Wildman–Crippen LogP) is 3.57. The second-order valence-electron chi connectivity index (χ2n) is 7.46. The molecular weight excluding hydrogens is 401 g/mol. The molecule has 0 saturated carbocycles. The number of carbonyl (C=O) groups is 2. The third-order valence-electron chi connectivity index (χ3n) is 5.23. The minimum Gasteiger partial charge on any atom is -0.617 e. The van der Waals surface area contributed by atoms with Crippen LogP contribution in [0.1, 0.15) is 40.9 Å². The molecule has 1 N–H and O–H groups in total. The van der Waals surface area contributed by atoms with Crippen molar-refractivity contribution in [3.05, 3.63) is 82.5 Å². The highest BCUT2D eigenvalue weighted by Gasteiger charge is 2.48. The van der Waals surface area contributed by atoms with Gasteiger partial charge in [0, 0.05) is 31.3 Å². The number of pyridine rings is 1. The Morgan fingerprint density at radius 3 is 2.61 bits per heavy atom. The Hall–Kier alpha value is -3.43. The number of hydroxylamine groups is 2. The summed E-state index contributed by atoms with van der Waals surface area (Å²) in [6.07, 6.45) is 2.70. The molecule has 1 atom stereocenters. The fraction of sp³-hybridized carbons (Fsp3) is 0.273. The number of fused-ring (bicyclic) bond motifs is 1. The summed E-state index contributed by atoms with van der Waals surface area (Å²) >= 11 is 0. The molecule has 0 fully saturated rings. The van der Waals surface area contributed by atoms with Gasteiger partial charge >= 0.3 is 6.03 Å². The average Bonchev–Trinajstić information content (AvgIpc) is 3.20. The summed E-state index contributed by atoms with van der Waals surface area (Å²) in [6, 6.07) is 10.4. The van der Waals surface area contributed by atoms with E-state index in [1.54, 1.807) is 24.4 Å². The lowest BCUT2D eigenvalue weighted by Crippen LogP contribution is -2.62. The van der Waals surface area contributed by atoms with Crippen molar-refractivity contribution in [3.63, 3.8) is 0 Å². The van der Waals surface area contributed by atoms with Crippen LogP contribution in [0.4, 0.5) is 15.0 Å². The van der Waals surface area contributed by atoms with Crippen molar-refractivity contribution >= 4 is 17.8 Å². The van der Waals surface area contributed by atoms with Crippen LogP contribution < -0.4 is 4.65 Å². The van der Waals surface area contributed by atoms with Crippen molar-refractivity contribution in [1.29, 1.82) is 0 Å². The Balaban J connectivity index is 1.69. The maximum atomic E-state index is 13.8. The lowest BCUT2D eigenvalue weighted by atomic mass is 10.1. The molecule has 0 saturated heterocycles. The number of rotatable bonds is 7. The maximum absolute atomic E-state index is 13.8. The van der Waals surface area contributed by atoms with Gasteiger partial charge in [-0.25, -0.2) is 23.7 Å². The van der Waals surface area contributed by atoms with E-state index in [9.17, 15) is 19.2 Å². The van der Waals surface area contributed by atoms with Gasteiger partial charge < -0.3 is 5.21 Å². The molecule has 31 heavy (non-hydrogen) atoms. The standard InChI is InChI=1S/C22H22FN5O3/c1-2-12-27-21(29)19-20(26-18(25-19)14-17-5-3-4-11-24-17)28(31,22(27)30)13-10-15-6-8-16(23)9-7-15/h3-9,11H,2,10,12-14H2,1H3,(H,25,26). The van der Waals surface area contributed by atoms with E-state index < -0.39 is 16.6 Å². The number of urea groups is 1. The summed E-state index contributed by atoms with van der Waals surface area (Å²) in [4.78, 5) is 38.5. The molecule has 8 nitrogen and oxygen atoms in total. The molecule has 3 amide bonds.